The maximum absolute atomic E-state index is 11.4. The fraction of sp³-hybridized carbons (Fsp3) is 0.571. The van der Waals surface area contributed by atoms with Gasteiger partial charge in [-0.1, -0.05) is 6.92 Å². The van der Waals surface area contributed by atoms with Crippen LogP contribution in [-0.2, 0) is 24.1 Å². The predicted molar refractivity (Wildman–Crippen MR) is 67.3 cm³/mol. The quantitative estimate of drug-likeness (QED) is 0.805. The number of fused-ring (bicyclic) bond motifs is 2. The first-order chi connectivity index (χ1) is 8.16. The SMILES string of the molecule is CC(=O)Nc1c2c(nc3c1CCC3C)CCC2. The Hall–Kier alpha value is -1.38. The van der Waals surface area contributed by atoms with Crippen molar-refractivity contribution in [3.63, 3.8) is 0 Å². The van der Waals surface area contributed by atoms with Gasteiger partial charge < -0.3 is 5.32 Å². The first-order valence-electron chi connectivity index (χ1n) is 6.49. The topological polar surface area (TPSA) is 42.0 Å². The highest BCUT2D eigenvalue weighted by molar-refractivity contribution is 5.91. The van der Waals surface area contributed by atoms with E-state index in [0.717, 1.165) is 31.4 Å². The van der Waals surface area contributed by atoms with Crippen LogP contribution in [0.25, 0.3) is 0 Å². The molecule has 0 fully saturated rings. The lowest BCUT2D eigenvalue weighted by molar-refractivity contribution is -0.114. The Morgan fingerprint density at radius 1 is 1.29 bits per heavy atom. The molecule has 1 amide bonds. The minimum atomic E-state index is 0.0343. The summed E-state index contributed by atoms with van der Waals surface area (Å²) in [6, 6.07) is 0. The first-order valence-corrected chi connectivity index (χ1v) is 6.49. The molecule has 2 aliphatic carbocycles. The number of hydrogen-bond acceptors (Lipinski definition) is 2. The van der Waals surface area contributed by atoms with Crippen molar-refractivity contribution < 1.29 is 4.79 Å². The Kier molecular flexibility index (Phi) is 2.42. The maximum Gasteiger partial charge on any atom is 0.221 e. The number of aromatic nitrogens is 1. The molecule has 0 saturated carbocycles. The Balaban J connectivity index is 2.17. The summed E-state index contributed by atoms with van der Waals surface area (Å²) in [6.45, 7) is 3.82. The van der Waals surface area contributed by atoms with Crippen LogP contribution >= 0.6 is 0 Å². The Bertz CT molecular complexity index is 493. The summed E-state index contributed by atoms with van der Waals surface area (Å²) in [5, 5.41) is 3.05. The molecule has 0 spiro atoms. The number of aryl methyl sites for hydroxylation is 1. The van der Waals surface area contributed by atoms with Gasteiger partial charge in [-0.05, 0) is 49.1 Å². The van der Waals surface area contributed by atoms with E-state index in [0.29, 0.717) is 5.92 Å². The van der Waals surface area contributed by atoms with Crippen molar-refractivity contribution in [2.75, 3.05) is 5.32 Å². The summed E-state index contributed by atoms with van der Waals surface area (Å²) in [5.41, 5.74) is 6.15. The van der Waals surface area contributed by atoms with Crippen molar-refractivity contribution in [3.05, 3.63) is 22.5 Å². The molecule has 17 heavy (non-hydrogen) atoms. The highest BCUT2D eigenvalue weighted by Gasteiger charge is 2.29. The highest BCUT2D eigenvalue weighted by Crippen LogP contribution is 2.40. The van der Waals surface area contributed by atoms with Gasteiger partial charge in [-0.15, -0.1) is 0 Å². The van der Waals surface area contributed by atoms with E-state index in [4.69, 9.17) is 4.98 Å². The van der Waals surface area contributed by atoms with Gasteiger partial charge in [0.25, 0.3) is 0 Å². The minimum Gasteiger partial charge on any atom is -0.326 e. The molecule has 1 N–H and O–H groups in total. The van der Waals surface area contributed by atoms with Gasteiger partial charge >= 0.3 is 0 Å². The zero-order chi connectivity index (χ0) is 12.0. The summed E-state index contributed by atoms with van der Waals surface area (Å²) in [4.78, 5) is 16.2. The molecule has 0 radical (unpaired) electrons. The molecule has 1 aromatic rings. The molecule has 1 aromatic heterocycles. The van der Waals surface area contributed by atoms with Crippen LogP contribution in [0.3, 0.4) is 0 Å². The number of carbonyl (C=O) groups excluding carboxylic acids is 1. The van der Waals surface area contributed by atoms with Crippen molar-refractivity contribution >= 4 is 11.6 Å². The van der Waals surface area contributed by atoms with E-state index >= 15 is 0 Å². The molecule has 0 aromatic carbocycles. The van der Waals surface area contributed by atoms with E-state index in [9.17, 15) is 4.79 Å². The van der Waals surface area contributed by atoms with Gasteiger partial charge in [0.1, 0.15) is 0 Å². The van der Waals surface area contributed by atoms with Crippen molar-refractivity contribution in [1.82, 2.24) is 4.98 Å². The van der Waals surface area contributed by atoms with Crippen molar-refractivity contribution in [1.29, 1.82) is 0 Å². The molecule has 0 bridgehead atoms. The third kappa shape index (κ3) is 1.65. The van der Waals surface area contributed by atoms with Gasteiger partial charge in [-0.3, -0.25) is 9.78 Å². The Labute approximate surface area is 102 Å². The maximum atomic E-state index is 11.4. The molecule has 3 nitrogen and oxygen atoms in total. The van der Waals surface area contributed by atoms with Gasteiger partial charge in [0.2, 0.25) is 5.91 Å². The standard InChI is InChI=1S/C14H18N2O/c1-8-6-7-11-13(8)16-12-5-3-4-10(12)14(11)15-9(2)17/h8H,3-7H2,1-2H3,(H,15,16,17). The molecule has 0 saturated heterocycles. The molecule has 1 atom stereocenters. The molecule has 1 heterocycles. The smallest absolute Gasteiger partial charge is 0.221 e. The van der Waals surface area contributed by atoms with Crippen LogP contribution in [0.4, 0.5) is 5.69 Å². The van der Waals surface area contributed by atoms with E-state index in [1.165, 1.54) is 28.9 Å². The molecular weight excluding hydrogens is 212 g/mol. The van der Waals surface area contributed by atoms with E-state index in [1.54, 1.807) is 6.92 Å². The van der Waals surface area contributed by atoms with Gasteiger partial charge in [-0.2, -0.15) is 0 Å². The minimum absolute atomic E-state index is 0.0343. The van der Waals surface area contributed by atoms with Crippen molar-refractivity contribution in [2.24, 2.45) is 0 Å². The number of rotatable bonds is 1. The largest absolute Gasteiger partial charge is 0.326 e. The van der Waals surface area contributed by atoms with Gasteiger partial charge in [-0.25, -0.2) is 0 Å². The molecule has 90 valence electrons. The number of carbonyl (C=O) groups is 1. The number of hydrogen-bond donors (Lipinski definition) is 1. The van der Waals surface area contributed by atoms with Crippen LogP contribution in [-0.4, -0.2) is 10.9 Å². The normalized spacial score (nSPS) is 21.2. The summed E-state index contributed by atoms with van der Waals surface area (Å²) < 4.78 is 0. The average molecular weight is 230 g/mol. The van der Waals surface area contributed by atoms with E-state index < -0.39 is 0 Å². The second-order valence-corrected chi connectivity index (χ2v) is 5.25. The summed E-state index contributed by atoms with van der Waals surface area (Å²) in [7, 11) is 0. The fourth-order valence-electron chi connectivity index (χ4n) is 3.13. The van der Waals surface area contributed by atoms with Crippen LogP contribution in [0.5, 0.6) is 0 Å². The lowest BCUT2D eigenvalue weighted by atomic mass is 10.0. The van der Waals surface area contributed by atoms with E-state index in [-0.39, 0.29) is 5.91 Å². The van der Waals surface area contributed by atoms with Crippen molar-refractivity contribution in [2.45, 2.75) is 51.9 Å². The third-order valence-corrected chi connectivity index (χ3v) is 3.95. The van der Waals surface area contributed by atoms with Crippen LogP contribution in [0.1, 0.15) is 55.1 Å². The zero-order valence-corrected chi connectivity index (χ0v) is 10.5. The lowest BCUT2D eigenvalue weighted by Crippen LogP contribution is -2.12. The zero-order valence-electron chi connectivity index (χ0n) is 10.5. The molecule has 3 rings (SSSR count). The summed E-state index contributed by atoms with van der Waals surface area (Å²) >= 11 is 0. The summed E-state index contributed by atoms with van der Waals surface area (Å²) in [6.07, 6.45) is 5.54. The van der Waals surface area contributed by atoms with Gasteiger partial charge in [0.15, 0.2) is 0 Å². The Morgan fingerprint density at radius 3 is 2.88 bits per heavy atom. The lowest BCUT2D eigenvalue weighted by Gasteiger charge is -2.15. The summed E-state index contributed by atoms with van der Waals surface area (Å²) in [5.74, 6) is 0.579. The fourth-order valence-corrected chi connectivity index (χ4v) is 3.13. The number of amides is 1. The number of nitrogens with one attached hydrogen (secondary N) is 1. The van der Waals surface area contributed by atoms with Crippen LogP contribution in [0, 0.1) is 0 Å². The van der Waals surface area contributed by atoms with Crippen LogP contribution < -0.4 is 5.32 Å². The van der Waals surface area contributed by atoms with Crippen molar-refractivity contribution in [3.8, 4) is 0 Å². The molecule has 0 aliphatic heterocycles. The Morgan fingerprint density at radius 2 is 2.12 bits per heavy atom. The van der Waals surface area contributed by atoms with E-state index in [1.807, 2.05) is 0 Å². The second-order valence-electron chi connectivity index (χ2n) is 5.25. The molecule has 2 aliphatic rings. The number of anilines is 1. The molecule has 3 heteroatoms. The second kappa shape index (κ2) is 3.83. The van der Waals surface area contributed by atoms with Gasteiger partial charge in [0, 0.05) is 18.3 Å². The predicted octanol–water partition coefficient (Wildman–Crippen LogP) is 2.58. The van der Waals surface area contributed by atoms with Crippen LogP contribution in [0.2, 0.25) is 0 Å². The average Bonchev–Trinajstić information content (AvgIpc) is 2.86. The van der Waals surface area contributed by atoms with Crippen LogP contribution in [0.15, 0.2) is 0 Å². The number of pyridine rings is 1. The number of nitrogens with zero attached hydrogens (tertiary/aromatic N) is 1. The molecule has 1 unspecified atom stereocenters. The van der Waals surface area contributed by atoms with E-state index in [2.05, 4.69) is 12.2 Å². The first kappa shape index (κ1) is 10.8. The van der Waals surface area contributed by atoms with Gasteiger partial charge in [0.05, 0.1) is 5.69 Å². The monoisotopic (exact) mass is 230 g/mol. The highest BCUT2D eigenvalue weighted by atomic mass is 16.1. The molecular formula is C14H18N2O. The third-order valence-electron chi connectivity index (χ3n) is 3.95.